The van der Waals surface area contributed by atoms with Crippen LogP contribution in [0.25, 0.3) is 12.2 Å². The van der Waals surface area contributed by atoms with Crippen molar-refractivity contribution in [3.63, 3.8) is 0 Å². The van der Waals surface area contributed by atoms with Crippen LogP contribution in [0.5, 0.6) is 0 Å². The molecule has 0 aliphatic carbocycles. The van der Waals surface area contributed by atoms with Gasteiger partial charge >= 0.3 is 0 Å². The van der Waals surface area contributed by atoms with Crippen molar-refractivity contribution in [3.8, 4) is 0 Å². The van der Waals surface area contributed by atoms with Crippen LogP contribution in [0, 0.1) is 13.8 Å². The minimum absolute atomic E-state index is 0.221. The fraction of sp³-hybridized carbons (Fsp3) is 0.217. The Morgan fingerprint density at radius 2 is 1.84 bits per heavy atom. The van der Waals surface area contributed by atoms with Crippen molar-refractivity contribution in [2.45, 2.75) is 32.1 Å². The zero-order valence-corrected chi connectivity index (χ0v) is 18.5. The summed E-state index contributed by atoms with van der Waals surface area (Å²) in [5, 5.41) is 6.55. The number of hydrogen-bond acceptors (Lipinski definition) is 5. The van der Waals surface area contributed by atoms with Crippen LogP contribution in [0.4, 0.5) is 5.69 Å². The predicted octanol–water partition coefficient (Wildman–Crippen LogP) is 3.94. The van der Waals surface area contributed by atoms with E-state index >= 15 is 0 Å². The van der Waals surface area contributed by atoms with Gasteiger partial charge in [0, 0.05) is 13.5 Å². The first-order valence-corrected chi connectivity index (χ1v) is 11.3. The third kappa shape index (κ3) is 5.90. The Morgan fingerprint density at radius 1 is 1.10 bits per heavy atom. The Morgan fingerprint density at radius 3 is 2.55 bits per heavy atom. The topological polar surface area (TPSA) is 101 Å². The van der Waals surface area contributed by atoms with Crippen LogP contribution in [0.3, 0.4) is 0 Å². The van der Waals surface area contributed by atoms with Gasteiger partial charge in [0.25, 0.3) is 0 Å². The summed E-state index contributed by atoms with van der Waals surface area (Å²) in [5.41, 5.74) is 3.45. The lowest BCUT2D eigenvalue weighted by atomic mass is 10.1. The molecule has 7 nitrogen and oxygen atoms in total. The molecule has 162 valence electrons. The number of amides is 1. The molecule has 0 fully saturated rings. The van der Waals surface area contributed by atoms with E-state index in [0.717, 1.165) is 5.56 Å². The lowest BCUT2D eigenvalue weighted by Gasteiger charge is -2.10. The fourth-order valence-electron chi connectivity index (χ4n) is 3.06. The molecule has 1 amide bonds. The molecular weight excluding hydrogens is 414 g/mol. The molecule has 0 saturated heterocycles. The van der Waals surface area contributed by atoms with Gasteiger partial charge < -0.3 is 9.84 Å². The highest BCUT2D eigenvalue weighted by atomic mass is 32.2. The van der Waals surface area contributed by atoms with E-state index in [9.17, 15) is 13.2 Å². The van der Waals surface area contributed by atoms with Gasteiger partial charge in [0.05, 0.1) is 4.90 Å². The van der Waals surface area contributed by atoms with Gasteiger partial charge in [-0.1, -0.05) is 53.7 Å². The first-order valence-electron chi connectivity index (χ1n) is 9.82. The molecule has 0 radical (unpaired) electrons. The smallest absolute Gasteiger partial charge is 0.240 e. The second kappa shape index (κ2) is 9.72. The highest BCUT2D eigenvalue weighted by Gasteiger charge is 2.17. The maximum absolute atomic E-state index is 12.8. The predicted molar refractivity (Wildman–Crippen MR) is 121 cm³/mol. The monoisotopic (exact) mass is 439 g/mol. The lowest BCUT2D eigenvalue weighted by Crippen LogP contribution is -2.26. The molecule has 3 rings (SSSR count). The third-order valence-electron chi connectivity index (χ3n) is 4.67. The van der Waals surface area contributed by atoms with Crippen molar-refractivity contribution in [3.05, 3.63) is 76.7 Å². The fourth-order valence-corrected chi connectivity index (χ4v) is 4.37. The van der Waals surface area contributed by atoms with Crippen LogP contribution in [-0.4, -0.2) is 26.0 Å². The average molecular weight is 440 g/mol. The minimum atomic E-state index is -3.66. The number of aryl methyl sites for hydroxylation is 2. The van der Waals surface area contributed by atoms with Crippen LogP contribution in [-0.2, 0) is 21.2 Å². The van der Waals surface area contributed by atoms with E-state index in [1.165, 1.54) is 6.92 Å². The van der Waals surface area contributed by atoms with Crippen molar-refractivity contribution in [2.75, 3.05) is 11.9 Å². The van der Waals surface area contributed by atoms with Crippen LogP contribution in [0.2, 0.25) is 0 Å². The highest BCUT2D eigenvalue weighted by Crippen LogP contribution is 2.24. The molecule has 0 atom stereocenters. The number of nitrogens with one attached hydrogen (secondary N) is 2. The summed E-state index contributed by atoms with van der Waals surface area (Å²) in [4.78, 5) is 11.6. The summed E-state index contributed by atoms with van der Waals surface area (Å²) >= 11 is 0. The maximum Gasteiger partial charge on any atom is 0.240 e. The molecule has 2 aromatic carbocycles. The van der Waals surface area contributed by atoms with E-state index in [1.807, 2.05) is 36.4 Å². The SMILES string of the molecule is CC(=O)Nc1c(C)noc1C=Cc1ccc(C)c(S(=O)(=O)NCCc2ccccc2)c1. The van der Waals surface area contributed by atoms with E-state index in [2.05, 4.69) is 15.2 Å². The second-order valence-corrected chi connectivity index (χ2v) is 8.92. The van der Waals surface area contributed by atoms with Gasteiger partial charge in [0.1, 0.15) is 11.4 Å². The van der Waals surface area contributed by atoms with Gasteiger partial charge in [-0.25, -0.2) is 13.1 Å². The van der Waals surface area contributed by atoms with Gasteiger partial charge in [-0.05, 0) is 49.1 Å². The minimum Gasteiger partial charge on any atom is -0.354 e. The number of aromatic nitrogens is 1. The third-order valence-corrected chi connectivity index (χ3v) is 6.27. The van der Waals surface area contributed by atoms with E-state index in [1.54, 1.807) is 38.1 Å². The molecule has 8 heteroatoms. The summed E-state index contributed by atoms with van der Waals surface area (Å²) in [6.07, 6.45) is 3.97. The number of hydrogen-bond donors (Lipinski definition) is 2. The Balaban J connectivity index is 1.77. The average Bonchev–Trinajstić information content (AvgIpc) is 3.07. The number of carbonyl (C=O) groups excluding carboxylic acids is 1. The molecule has 0 saturated carbocycles. The summed E-state index contributed by atoms with van der Waals surface area (Å²) in [6, 6.07) is 14.9. The highest BCUT2D eigenvalue weighted by molar-refractivity contribution is 7.89. The van der Waals surface area contributed by atoms with Gasteiger partial charge in [0.15, 0.2) is 5.76 Å². The van der Waals surface area contributed by atoms with E-state index in [0.29, 0.717) is 41.2 Å². The second-order valence-electron chi connectivity index (χ2n) is 7.18. The molecule has 3 aromatic rings. The van der Waals surface area contributed by atoms with Crippen LogP contribution >= 0.6 is 0 Å². The lowest BCUT2D eigenvalue weighted by molar-refractivity contribution is -0.114. The largest absolute Gasteiger partial charge is 0.354 e. The number of anilines is 1. The van der Waals surface area contributed by atoms with Gasteiger partial charge in [-0.2, -0.15) is 0 Å². The van der Waals surface area contributed by atoms with Crippen LogP contribution < -0.4 is 10.0 Å². The number of benzene rings is 2. The molecule has 1 heterocycles. The Kier molecular flexibility index (Phi) is 7.04. The number of carbonyl (C=O) groups is 1. The Bertz CT molecular complexity index is 1200. The zero-order chi connectivity index (χ0) is 22.4. The molecule has 0 aliphatic rings. The standard InChI is InChI=1S/C23H25N3O4S/c1-16-9-10-20(11-12-21-23(25-18(3)27)17(2)26-30-21)15-22(16)31(28,29)24-14-13-19-7-5-4-6-8-19/h4-12,15,24H,13-14H2,1-3H3,(H,25,27). The molecule has 0 unspecified atom stereocenters. The van der Waals surface area contributed by atoms with Gasteiger partial charge in [0.2, 0.25) is 15.9 Å². The molecule has 0 aliphatic heterocycles. The molecule has 0 spiro atoms. The van der Waals surface area contributed by atoms with Crippen LogP contribution in [0.1, 0.15) is 35.1 Å². The summed E-state index contributed by atoms with van der Waals surface area (Å²) < 4.78 is 33.6. The number of sulfonamides is 1. The molecule has 2 N–H and O–H groups in total. The van der Waals surface area contributed by atoms with Gasteiger partial charge in [-0.15, -0.1) is 0 Å². The van der Waals surface area contributed by atoms with Crippen molar-refractivity contribution >= 4 is 33.8 Å². The molecule has 0 bridgehead atoms. The van der Waals surface area contributed by atoms with Crippen molar-refractivity contribution in [1.82, 2.24) is 9.88 Å². The maximum atomic E-state index is 12.8. The van der Waals surface area contributed by atoms with Crippen molar-refractivity contribution < 1.29 is 17.7 Å². The van der Waals surface area contributed by atoms with Crippen LogP contribution in [0.15, 0.2) is 57.9 Å². The Hall–Kier alpha value is -3.23. The van der Waals surface area contributed by atoms with E-state index < -0.39 is 10.0 Å². The number of nitrogens with zero attached hydrogens (tertiary/aromatic N) is 1. The first-order chi connectivity index (χ1) is 14.8. The molecular formula is C23H25N3O4S. The van der Waals surface area contributed by atoms with E-state index in [4.69, 9.17) is 4.52 Å². The molecule has 31 heavy (non-hydrogen) atoms. The quantitative estimate of drug-likeness (QED) is 0.554. The normalized spacial score (nSPS) is 11.7. The Labute approximate surface area is 182 Å². The first kappa shape index (κ1) is 22.5. The van der Waals surface area contributed by atoms with Crippen molar-refractivity contribution in [2.24, 2.45) is 0 Å². The van der Waals surface area contributed by atoms with Gasteiger partial charge in [-0.3, -0.25) is 4.79 Å². The summed E-state index contributed by atoms with van der Waals surface area (Å²) in [6.45, 7) is 5.20. The number of rotatable bonds is 8. The van der Waals surface area contributed by atoms with Crippen molar-refractivity contribution in [1.29, 1.82) is 0 Å². The molecule has 1 aromatic heterocycles. The van der Waals surface area contributed by atoms with E-state index in [-0.39, 0.29) is 10.8 Å². The summed E-state index contributed by atoms with van der Waals surface area (Å²) in [5.74, 6) is 0.157. The zero-order valence-electron chi connectivity index (χ0n) is 17.7. The summed E-state index contributed by atoms with van der Waals surface area (Å²) in [7, 11) is -3.66.